The number of sulfonamides is 1. The smallest absolute Gasteiger partial charge is 0.225 e. The molecule has 7 nitrogen and oxygen atoms in total. The summed E-state index contributed by atoms with van der Waals surface area (Å²) in [5, 5.41) is 2.81. The molecule has 1 aromatic rings. The summed E-state index contributed by atoms with van der Waals surface area (Å²) in [6, 6.07) is 7.02. The van der Waals surface area contributed by atoms with Crippen molar-refractivity contribution in [1.29, 1.82) is 0 Å². The highest BCUT2D eigenvalue weighted by Gasteiger charge is 2.31. The lowest BCUT2D eigenvalue weighted by Gasteiger charge is -2.11. The molecule has 2 rings (SSSR count). The van der Waals surface area contributed by atoms with Gasteiger partial charge in [-0.2, -0.15) is 0 Å². The summed E-state index contributed by atoms with van der Waals surface area (Å²) in [7, 11) is -0.222. The second kappa shape index (κ2) is 7.10. The molecule has 126 valence electrons. The minimum atomic E-state index is -3.29. The van der Waals surface area contributed by atoms with Crippen LogP contribution in [0.3, 0.4) is 0 Å². The molecule has 1 aliphatic heterocycles. The van der Waals surface area contributed by atoms with E-state index in [4.69, 9.17) is 0 Å². The largest absolute Gasteiger partial charge is 0.352 e. The van der Waals surface area contributed by atoms with Gasteiger partial charge in [0.25, 0.3) is 0 Å². The van der Waals surface area contributed by atoms with Crippen molar-refractivity contribution in [3.8, 4) is 0 Å². The van der Waals surface area contributed by atoms with Crippen LogP contribution in [0.15, 0.2) is 24.3 Å². The Morgan fingerprint density at radius 1 is 1.26 bits per heavy atom. The van der Waals surface area contributed by atoms with Crippen LogP contribution in [0.2, 0.25) is 0 Å². The average Bonchev–Trinajstić information content (AvgIpc) is 2.85. The Labute approximate surface area is 136 Å². The van der Waals surface area contributed by atoms with Crippen LogP contribution in [0, 0.1) is 5.92 Å². The molecule has 0 aliphatic carbocycles. The number of benzene rings is 1. The first-order chi connectivity index (χ1) is 10.8. The summed E-state index contributed by atoms with van der Waals surface area (Å²) < 4.78 is 25.2. The van der Waals surface area contributed by atoms with Gasteiger partial charge < -0.3 is 10.2 Å². The molecule has 1 fully saturated rings. The lowest BCUT2D eigenvalue weighted by atomic mass is 10.1. The van der Waals surface area contributed by atoms with E-state index in [2.05, 4.69) is 10.0 Å². The first kappa shape index (κ1) is 17.4. The van der Waals surface area contributed by atoms with Crippen LogP contribution < -0.4 is 10.0 Å². The van der Waals surface area contributed by atoms with Crippen LogP contribution in [0.1, 0.15) is 17.5 Å². The number of amides is 2. The Bertz CT molecular complexity index is 685. The maximum Gasteiger partial charge on any atom is 0.225 e. The molecular weight excluding hydrogens is 318 g/mol. The molecule has 0 radical (unpaired) electrons. The van der Waals surface area contributed by atoms with Gasteiger partial charge in [0, 0.05) is 26.6 Å². The predicted molar refractivity (Wildman–Crippen MR) is 85.7 cm³/mol. The molecule has 0 bridgehead atoms. The predicted octanol–water partition coefficient (Wildman–Crippen LogP) is -0.170. The minimum Gasteiger partial charge on any atom is -0.352 e. The number of nitrogens with zero attached hydrogens (tertiary/aromatic N) is 1. The first-order valence-corrected chi connectivity index (χ1v) is 8.96. The van der Waals surface area contributed by atoms with E-state index in [9.17, 15) is 18.0 Å². The summed E-state index contributed by atoms with van der Waals surface area (Å²) >= 11 is 0. The van der Waals surface area contributed by atoms with Crippen molar-refractivity contribution in [3.05, 3.63) is 35.4 Å². The molecule has 1 aliphatic rings. The third-order valence-electron chi connectivity index (χ3n) is 3.87. The van der Waals surface area contributed by atoms with Gasteiger partial charge in [0.05, 0.1) is 11.7 Å². The molecule has 1 aromatic carbocycles. The van der Waals surface area contributed by atoms with Gasteiger partial charge in [-0.15, -0.1) is 0 Å². The zero-order valence-corrected chi connectivity index (χ0v) is 14.0. The van der Waals surface area contributed by atoms with E-state index >= 15 is 0 Å². The normalized spacial score (nSPS) is 18.3. The molecule has 0 aromatic heterocycles. The van der Waals surface area contributed by atoms with E-state index in [1.54, 1.807) is 36.2 Å². The van der Waals surface area contributed by atoms with Gasteiger partial charge in [0.1, 0.15) is 0 Å². The standard InChI is InChI=1S/C15H21N3O4S/c1-16-23(21,22)10-12-5-3-11(4-6-12)8-17-15(20)13-7-14(19)18(2)9-13/h3-6,13,16H,7-10H2,1-2H3,(H,17,20)/t13-/m0/s1. The van der Waals surface area contributed by atoms with Crippen molar-refractivity contribution in [2.75, 3.05) is 20.6 Å². The monoisotopic (exact) mass is 339 g/mol. The van der Waals surface area contributed by atoms with Crippen LogP contribution in [-0.4, -0.2) is 45.8 Å². The third kappa shape index (κ3) is 4.77. The lowest BCUT2D eigenvalue weighted by Crippen LogP contribution is -2.31. The van der Waals surface area contributed by atoms with Crippen molar-refractivity contribution in [2.24, 2.45) is 5.92 Å². The van der Waals surface area contributed by atoms with E-state index < -0.39 is 10.0 Å². The minimum absolute atomic E-state index is 0.0137. The number of hydrogen-bond donors (Lipinski definition) is 2. The lowest BCUT2D eigenvalue weighted by molar-refractivity contribution is -0.128. The Morgan fingerprint density at radius 2 is 1.87 bits per heavy atom. The maximum atomic E-state index is 12.0. The summed E-state index contributed by atoms with van der Waals surface area (Å²) in [5.41, 5.74) is 1.55. The second-order valence-corrected chi connectivity index (χ2v) is 7.60. The molecule has 1 heterocycles. The van der Waals surface area contributed by atoms with E-state index in [0.29, 0.717) is 18.7 Å². The summed E-state index contributed by atoms with van der Waals surface area (Å²) in [4.78, 5) is 25.0. The molecule has 1 atom stereocenters. The fourth-order valence-corrected chi connectivity index (χ4v) is 3.19. The highest BCUT2D eigenvalue weighted by atomic mass is 32.2. The first-order valence-electron chi connectivity index (χ1n) is 7.31. The van der Waals surface area contributed by atoms with Crippen molar-refractivity contribution in [2.45, 2.75) is 18.7 Å². The number of likely N-dealkylation sites (tertiary alicyclic amines) is 1. The van der Waals surface area contributed by atoms with E-state index in [-0.39, 0.29) is 29.9 Å². The SMILES string of the molecule is CNS(=O)(=O)Cc1ccc(CNC(=O)[C@H]2CC(=O)N(C)C2)cc1. The molecular formula is C15H21N3O4S. The fraction of sp³-hybridized carbons (Fsp3) is 0.467. The van der Waals surface area contributed by atoms with Gasteiger partial charge >= 0.3 is 0 Å². The second-order valence-electron chi connectivity index (χ2n) is 5.67. The Hall–Kier alpha value is -1.93. The summed E-state index contributed by atoms with van der Waals surface area (Å²) in [6.07, 6.45) is 0.253. The van der Waals surface area contributed by atoms with Gasteiger partial charge in [-0.1, -0.05) is 24.3 Å². The van der Waals surface area contributed by atoms with Gasteiger partial charge in [0.2, 0.25) is 21.8 Å². The number of nitrogens with one attached hydrogen (secondary N) is 2. The molecule has 0 unspecified atom stereocenters. The van der Waals surface area contributed by atoms with Crippen LogP contribution in [0.25, 0.3) is 0 Å². The van der Waals surface area contributed by atoms with Crippen LogP contribution in [0.5, 0.6) is 0 Å². The van der Waals surface area contributed by atoms with Crippen LogP contribution in [-0.2, 0) is 31.9 Å². The molecule has 23 heavy (non-hydrogen) atoms. The van der Waals surface area contributed by atoms with Gasteiger partial charge in [0.15, 0.2) is 0 Å². The van der Waals surface area contributed by atoms with Gasteiger partial charge in [-0.05, 0) is 18.2 Å². The Morgan fingerprint density at radius 3 is 2.39 bits per heavy atom. The number of carbonyl (C=O) groups is 2. The van der Waals surface area contributed by atoms with Gasteiger partial charge in [-0.3, -0.25) is 9.59 Å². The summed E-state index contributed by atoms with van der Waals surface area (Å²) in [6.45, 7) is 0.803. The Kier molecular flexibility index (Phi) is 5.38. The quantitative estimate of drug-likeness (QED) is 0.752. The molecule has 1 saturated heterocycles. The van der Waals surface area contributed by atoms with Crippen molar-refractivity contribution >= 4 is 21.8 Å². The van der Waals surface area contributed by atoms with Crippen LogP contribution in [0.4, 0.5) is 0 Å². The van der Waals surface area contributed by atoms with Gasteiger partial charge in [-0.25, -0.2) is 13.1 Å². The number of carbonyl (C=O) groups excluding carboxylic acids is 2. The topological polar surface area (TPSA) is 95.6 Å². The van der Waals surface area contributed by atoms with Crippen molar-refractivity contribution < 1.29 is 18.0 Å². The zero-order valence-electron chi connectivity index (χ0n) is 13.2. The Balaban J connectivity index is 1.87. The highest BCUT2D eigenvalue weighted by molar-refractivity contribution is 7.88. The average molecular weight is 339 g/mol. The summed E-state index contributed by atoms with van der Waals surface area (Å²) in [5.74, 6) is -0.524. The number of rotatable bonds is 6. The molecule has 2 N–H and O–H groups in total. The van der Waals surface area contributed by atoms with E-state index in [1.807, 2.05) is 0 Å². The molecule has 8 heteroatoms. The number of hydrogen-bond acceptors (Lipinski definition) is 4. The van der Waals surface area contributed by atoms with Crippen molar-refractivity contribution in [1.82, 2.24) is 14.9 Å². The zero-order chi connectivity index (χ0) is 17.0. The molecule has 0 saturated carbocycles. The third-order valence-corrected chi connectivity index (χ3v) is 5.20. The molecule has 0 spiro atoms. The van der Waals surface area contributed by atoms with E-state index in [0.717, 1.165) is 5.56 Å². The highest BCUT2D eigenvalue weighted by Crippen LogP contribution is 2.16. The van der Waals surface area contributed by atoms with Crippen molar-refractivity contribution in [3.63, 3.8) is 0 Å². The fourth-order valence-electron chi connectivity index (χ4n) is 2.42. The maximum absolute atomic E-state index is 12.0. The molecule has 2 amide bonds. The van der Waals surface area contributed by atoms with E-state index in [1.165, 1.54) is 7.05 Å². The van der Waals surface area contributed by atoms with Crippen LogP contribution >= 0.6 is 0 Å².